The molecule has 3 rings (SSSR count). The van der Waals surface area contributed by atoms with Crippen molar-refractivity contribution in [3.63, 3.8) is 0 Å². The van der Waals surface area contributed by atoms with Gasteiger partial charge in [0.15, 0.2) is 5.96 Å². The van der Waals surface area contributed by atoms with Crippen molar-refractivity contribution in [2.75, 3.05) is 20.1 Å². The molecule has 2 N–H and O–H groups in total. The monoisotopic (exact) mass is 397 g/mol. The second kappa shape index (κ2) is 9.58. The molecular weight excluding hydrogens is 366 g/mol. The van der Waals surface area contributed by atoms with E-state index in [0.717, 1.165) is 43.1 Å². The highest BCUT2D eigenvalue weighted by atomic mass is 16.3. The molecule has 156 valence electrons. The maximum Gasteiger partial charge on any atom is 0.226 e. The van der Waals surface area contributed by atoms with Crippen LogP contribution < -0.4 is 10.6 Å². The van der Waals surface area contributed by atoms with E-state index in [2.05, 4.69) is 27.5 Å². The molecule has 1 amide bonds. The van der Waals surface area contributed by atoms with Gasteiger partial charge >= 0.3 is 0 Å². The van der Waals surface area contributed by atoms with E-state index in [0.29, 0.717) is 18.5 Å². The lowest BCUT2D eigenvalue weighted by atomic mass is 10.0. The van der Waals surface area contributed by atoms with Crippen LogP contribution >= 0.6 is 0 Å². The Morgan fingerprint density at radius 3 is 2.59 bits per heavy atom. The molecule has 7 nitrogen and oxygen atoms in total. The van der Waals surface area contributed by atoms with Crippen molar-refractivity contribution < 1.29 is 9.21 Å². The minimum absolute atomic E-state index is 0.0567. The number of carbonyl (C=O) groups is 1. The highest BCUT2D eigenvalue weighted by Gasteiger charge is 2.24. The number of amides is 1. The molecule has 0 aliphatic carbocycles. The maximum atomic E-state index is 12.1. The van der Waals surface area contributed by atoms with E-state index in [1.165, 1.54) is 5.56 Å². The van der Waals surface area contributed by atoms with E-state index in [1.807, 2.05) is 43.0 Å². The van der Waals surface area contributed by atoms with Crippen LogP contribution in [-0.4, -0.2) is 47.9 Å². The number of rotatable bonds is 5. The topological polar surface area (TPSA) is 82.8 Å². The van der Waals surface area contributed by atoms with Gasteiger partial charge in [-0.25, -0.2) is 4.98 Å². The van der Waals surface area contributed by atoms with E-state index in [9.17, 15) is 4.79 Å². The number of guanidine groups is 1. The number of aromatic nitrogens is 1. The van der Waals surface area contributed by atoms with E-state index in [1.54, 1.807) is 13.3 Å². The molecule has 0 atom stereocenters. The largest absolute Gasteiger partial charge is 0.444 e. The molecule has 2 aromatic rings. The standard InChI is InChI=1S/C22H31N5O2/c1-15(2)21(28)27-11-9-18(10-12-27)26-22(23-4)24-13-19-14-29-20(25-19)17-7-5-16(3)6-8-17/h5-8,14-15,18H,9-13H2,1-4H3,(H2,23,24,26). The quantitative estimate of drug-likeness (QED) is 0.599. The molecule has 29 heavy (non-hydrogen) atoms. The lowest BCUT2D eigenvalue weighted by molar-refractivity contribution is -0.135. The molecule has 2 heterocycles. The van der Waals surface area contributed by atoms with Crippen LogP contribution in [0.2, 0.25) is 0 Å². The SMILES string of the molecule is CN=C(NCc1coc(-c2ccc(C)cc2)n1)NC1CCN(C(=O)C(C)C)CC1. The van der Waals surface area contributed by atoms with Crippen molar-refractivity contribution in [2.24, 2.45) is 10.9 Å². The van der Waals surface area contributed by atoms with Crippen LogP contribution in [0.15, 0.2) is 39.9 Å². The molecule has 1 aliphatic heterocycles. The lowest BCUT2D eigenvalue weighted by Gasteiger charge is -2.34. The predicted octanol–water partition coefficient (Wildman–Crippen LogP) is 2.96. The number of oxazole rings is 1. The summed E-state index contributed by atoms with van der Waals surface area (Å²) in [5.74, 6) is 1.65. The third-order valence-corrected chi connectivity index (χ3v) is 5.15. The van der Waals surface area contributed by atoms with Gasteiger partial charge in [-0.1, -0.05) is 31.5 Å². The fourth-order valence-electron chi connectivity index (χ4n) is 3.39. The Balaban J connectivity index is 1.48. The van der Waals surface area contributed by atoms with Gasteiger partial charge in [0, 0.05) is 37.7 Å². The summed E-state index contributed by atoms with van der Waals surface area (Å²) in [5.41, 5.74) is 2.99. The Morgan fingerprint density at radius 2 is 1.97 bits per heavy atom. The zero-order valence-electron chi connectivity index (χ0n) is 17.7. The van der Waals surface area contributed by atoms with Gasteiger partial charge in [-0.2, -0.15) is 0 Å². The third kappa shape index (κ3) is 5.59. The first kappa shape index (κ1) is 20.9. The fourth-order valence-corrected chi connectivity index (χ4v) is 3.39. The summed E-state index contributed by atoms with van der Waals surface area (Å²) in [7, 11) is 1.76. The molecule has 0 bridgehead atoms. The van der Waals surface area contributed by atoms with Crippen molar-refractivity contribution in [3.05, 3.63) is 41.8 Å². The zero-order chi connectivity index (χ0) is 20.8. The number of hydrogen-bond acceptors (Lipinski definition) is 4. The smallest absolute Gasteiger partial charge is 0.226 e. The number of piperidine rings is 1. The second-order valence-corrected chi connectivity index (χ2v) is 7.83. The Bertz CT molecular complexity index is 833. The first-order valence-corrected chi connectivity index (χ1v) is 10.2. The molecule has 1 aromatic heterocycles. The van der Waals surface area contributed by atoms with Gasteiger partial charge in [0.2, 0.25) is 11.8 Å². The lowest BCUT2D eigenvalue weighted by Crippen LogP contribution is -2.50. The molecule has 1 fully saturated rings. The number of aryl methyl sites for hydroxylation is 1. The predicted molar refractivity (Wildman–Crippen MR) is 114 cm³/mol. The van der Waals surface area contributed by atoms with Crippen LogP contribution in [0.5, 0.6) is 0 Å². The normalized spacial score (nSPS) is 15.6. The summed E-state index contributed by atoms with van der Waals surface area (Å²) in [6, 6.07) is 8.41. The second-order valence-electron chi connectivity index (χ2n) is 7.83. The summed E-state index contributed by atoms with van der Waals surface area (Å²) in [4.78, 5) is 22.9. The van der Waals surface area contributed by atoms with E-state index >= 15 is 0 Å². The molecule has 0 saturated carbocycles. The van der Waals surface area contributed by atoms with Gasteiger partial charge in [0.05, 0.1) is 12.2 Å². The van der Waals surface area contributed by atoms with Crippen molar-refractivity contribution >= 4 is 11.9 Å². The van der Waals surface area contributed by atoms with Gasteiger partial charge in [-0.15, -0.1) is 0 Å². The van der Waals surface area contributed by atoms with Gasteiger partial charge in [0.1, 0.15) is 6.26 Å². The number of benzene rings is 1. The van der Waals surface area contributed by atoms with Gasteiger partial charge in [-0.05, 0) is 31.9 Å². The van der Waals surface area contributed by atoms with Crippen LogP contribution in [0.4, 0.5) is 0 Å². The van der Waals surface area contributed by atoms with Crippen molar-refractivity contribution in [1.82, 2.24) is 20.5 Å². The van der Waals surface area contributed by atoms with Crippen LogP contribution in [0.25, 0.3) is 11.5 Å². The number of carbonyl (C=O) groups excluding carboxylic acids is 1. The first-order valence-electron chi connectivity index (χ1n) is 10.2. The van der Waals surface area contributed by atoms with E-state index in [4.69, 9.17) is 4.42 Å². The molecule has 1 saturated heterocycles. The summed E-state index contributed by atoms with van der Waals surface area (Å²) in [6.45, 7) is 8.06. The molecule has 0 spiro atoms. The Kier molecular flexibility index (Phi) is 6.90. The summed E-state index contributed by atoms with van der Waals surface area (Å²) in [5, 5.41) is 6.75. The van der Waals surface area contributed by atoms with Gasteiger partial charge in [0.25, 0.3) is 0 Å². The maximum absolute atomic E-state index is 12.1. The summed E-state index contributed by atoms with van der Waals surface area (Å²) in [6.07, 6.45) is 3.51. The zero-order valence-corrected chi connectivity index (χ0v) is 17.7. The van der Waals surface area contributed by atoms with Crippen LogP contribution in [0.1, 0.15) is 37.9 Å². The minimum atomic E-state index is 0.0567. The summed E-state index contributed by atoms with van der Waals surface area (Å²) >= 11 is 0. The number of nitrogens with zero attached hydrogens (tertiary/aromatic N) is 3. The average molecular weight is 398 g/mol. The first-order chi connectivity index (χ1) is 14.0. The number of hydrogen-bond donors (Lipinski definition) is 2. The average Bonchev–Trinajstić information content (AvgIpc) is 3.20. The summed E-state index contributed by atoms with van der Waals surface area (Å²) < 4.78 is 5.61. The van der Waals surface area contributed by atoms with Crippen LogP contribution in [0.3, 0.4) is 0 Å². The molecular formula is C22H31N5O2. The Morgan fingerprint density at radius 1 is 1.28 bits per heavy atom. The highest BCUT2D eigenvalue weighted by molar-refractivity contribution is 5.80. The highest BCUT2D eigenvalue weighted by Crippen LogP contribution is 2.19. The van der Waals surface area contributed by atoms with Crippen molar-refractivity contribution in [3.8, 4) is 11.5 Å². The number of nitrogens with one attached hydrogen (secondary N) is 2. The Hall–Kier alpha value is -2.83. The number of aliphatic imine (C=N–C) groups is 1. The minimum Gasteiger partial charge on any atom is -0.444 e. The van der Waals surface area contributed by atoms with Crippen molar-refractivity contribution in [1.29, 1.82) is 0 Å². The van der Waals surface area contributed by atoms with Gasteiger partial charge < -0.3 is 20.0 Å². The third-order valence-electron chi connectivity index (χ3n) is 5.15. The van der Waals surface area contributed by atoms with Crippen molar-refractivity contribution in [2.45, 2.75) is 46.2 Å². The fraction of sp³-hybridized carbons (Fsp3) is 0.500. The van der Waals surface area contributed by atoms with Crippen LogP contribution in [0, 0.1) is 12.8 Å². The molecule has 7 heteroatoms. The molecule has 1 aromatic carbocycles. The molecule has 1 aliphatic rings. The van der Waals surface area contributed by atoms with E-state index < -0.39 is 0 Å². The van der Waals surface area contributed by atoms with E-state index in [-0.39, 0.29) is 11.8 Å². The Labute approximate surface area is 172 Å². The number of likely N-dealkylation sites (tertiary alicyclic amines) is 1. The molecule has 0 radical (unpaired) electrons. The van der Waals surface area contributed by atoms with Crippen LogP contribution in [-0.2, 0) is 11.3 Å². The van der Waals surface area contributed by atoms with Gasteiger partial charge in [-0.3, -0.25) is 9.79 Å². The molecule has 0 unspecified atom stereocenters.